The SMILES string of the molecule is CCNCC/C=C(/C)c1c(C)cc(C)cc1OC. The average Bonchev–Trinajstić information content (AvgIpc) is 2.33. The number of methoxy groups -OCH3 is 1. The molecular formula is C16H25NO. The number of hydrogen-bond donors (Lipinski definition) is 1. The second-order valence-electron chi connectivity index (χ2n) is 4.69. The number of nitrogens with one attached hydrogen (secondary N) is 1. The first kappa shape index (κ1) is 14.8. The highest BCUT2D eigenvalue weighted by molar-refractivity contribution is 5.72. The average molecular weight is 247 g/mol. The van der Waals surface area contributed by atoms with Crippen LogP contribution in [-0.4, -0.2) is 20.2 Å². The molecule has 100 valence electrons. The topological polar surface area (TPSA) is 21.3 Å². The molecule has 1 aromatic rings. The molecule has 0 spiro atoms. The van der Waals surface area contributed by atoms with Gasteiger partial charge in [0.1, 0.15) is 5.75 Å². The van der Waals surface area contributed by atoms with Gasteiger partial charge in [-0.2, -0.15) is 0 Å². The summed E-state index contributed by atoms with van der Waals surface area (Å²) in [6, 6.07) is 4.31. The fourth-order valence-corrected chi connectivity index (χ4v) is 2.26. The molecule has 0 amide bonds. The third kappa shape index (κ3) is 3.88. The van der Waals surface area contributed by atoms with Crippen molar-refractivity contribution in [2.24, 2.45) is 0 Å². The van der Waals surface area contributed by atoms with Crippen molar-refractivity contribution >= 4 is 5.57 Å². The minimum Gasteiger partial charge on any atom is -0.496 e. The zero-order valence-corrected chi connectivity index (χ0v) is 12.3. The number of allylic oxidation sites excluding steroid dienone is 1. The van der Waals surface area contributed by atoms with Crippen molar-refractivity contribution in [2.45, 2.75) is 34.1 Å². The quantitative estimate of drug-likeness (QED) is 0.774. The van der Waals surface area contributed by atoms with E-state index in [1.807, 2.05) is 0 Å². The Hall–Kier alpha value is -1.28. The molecule has 1 N–H and O–H groups in total. The summed E-state index contributed by atoms with van der Waals surface area (Å²) < 4.78 is 5.50. The maximum absolute atomic E-state index is 5.50. The molecule has 0 bridgehead atoms. The first-order valence-corrected chi connectivity index (χ1v) is 6.63. The number of benzene rings is 1. The predicted octanol–water partition coefficient (Wildman–Crippen LogP) is 3.71. The predicted molar refractivity (Wildman–Crippen MR) is 79.3 cm³/mol. The highest BCUT2D eigenvalue weighted by atomic mass is 16.5. The van der Waals surface area contributed by atoms with E-state index in [4.69, 9.17) is 4.74 Å². The Bertz CT molecular complexity index is 421. The molecule has 0 saturated heterocycles. The smallest absolute Gasteiger partial charge is 0.126 e. The zero-order valence-electron chi connectivity index (χ0n) is 12.3. The second-order valence-corrected chi connectivity index (χ2v) is 4.69. The minimum absolute atomic E-state index is 0.977. The summed E-state index contributed by atoms with van der Waals surface area (Å²) >= 11 is 0. The van der Waals surface area contributed by atoms with Crippen LogP contribution in [0.1, 0.15) is 37.0 Å². The number of ether oxygens (including phenoxy) is 1. The molecule has 0 aliphatic rings. The number of rotatable bonds is 6. The van der Waals surface area contributed by atoms with E-state index in [1.54, 1.807) is 7.11 Å². The third-order valence-electron chi connectivity index (χ3n) is 3.08. The third-order valence-corrected chi connectivity index (χ3v) is 3.08. The largest absolute Gasteiger partial charge is 0.496 e. The highest BCUT2D eigenvalue weighted by Gasteiger charge is 2.08. The van der Waals surface area contributed by atoms with Crippen molar-refractivity contribution < 1.29 is 4.74 Å². The van der Waals surface area contributed by atoms with Crippen molar-refractivity contribution in [1.29, 1.82) is 0 Å². The Balaban J connectivity index is 2.93. The van der Waals surface area contributed by atoms with E-state index < -0.39 is 0 Å². The van der Waals surface area contributed by atoms with Crippen LogP contribution in [-0.2, 0) is 0 Å². The van der Waals surface area contributed by atoms with Gasteiger partial charge in [0.15, 0.2) is 0 Å². The molecule has 0 radical (unpaired) electrons. The van der Waals surface area contributed by atoms with Gasteiger partial charge in [-0.3, -0.25) is 0 Å². The van der Waals surface area contributed by atoms with Crippen LogP contribution in [0.2, 0.25) is 0 Å². The van der Waals surface area contributed by atoms with E-state index >= 15 is 0 Å². The Morgan fingerprint density at radius 3 is 2.67 bits per heavy atom. The lowest BCUT2D eigenvalue weighted by atomic mass is 9.97. The summed E-state index contributed by atoms with van der Waals surface area (Å²) in [5.41, 5.74) is 5.06. The van der Waals surface area contributed by atoms with Gasteiger partial charge in [-0.25, -0.2) is 0 Å². The number of aryl methyl sites for hydroxylation is 2. The first-order chi connectivity index (χ1) is 8.60. The molecule has 0 heterocycles. The lowest BCUT2D eigenvalue weighted by molar-refractivity contribution is 0.413. The molecular weight excluding hydrogens is 222 g/mol. The summed E-state index contributed by atoms with van der Waals surface area (Å²) in [6.07, 6.45) is 3.33. The van der Waals surface area contributed by atoms with Crippen molar-refractivity contribution in [2.75, 3.05) is 20.2 Å². The van der Waals surface area contributed by atoms with E-state index in [1.165, 1.54) is 22.3 Å². The van der Waals surface area contributed by atoms with Crippen molar-refractivity contribution in [3.8, 4) is 5.75 Å². The molecule has 1 rings (SSSR count). The highest BCUT2D eigenvalue weighted by Crippen LogP contribution is 2.30. The van der Waals surface area contributed by atoms with Gasteiger partial charge in [-0.15, -0.1) is 0 Å². The lowest BCUT2D eigenvalue weighted by Gasteiger charge is -2.13. The standard InChI is InChI=1S/C16H25NO/c1-6-17-9-7-8-13(3)16-14(4)10-12(2)11-15(16)18-5/h8,10-11,17H,6-7,9H2,1-5H3/b13-8-. The Morgan fingerprint density at radius 1 is 1.33 bits per heavy atom. The van der Waals surface area contributed by atoms with Crippen LogP contribution in [0.25, 0.3) is 5.57 Å². The fourth-order valence-electron chi connectivity index (χ4n) is 2.26. The molecule has 0 aliphatic carbocycles. The zero-order chi connectivity index (χ0) is 13.5. The van der Waals surface area contributed by atoms with Crippen LogP contribution < -0.4 is 10.1 Å². The second kappa shape index (κ2) is 7.22. The van der Waals surface area contributed by atoms with Crippen LogP contribution in [0.3, 0.4) is 0 Å². The van der Waals surface area contributed by atoms with E-state index in [2.05, 4.69) is 51.2 Å². The maximum Gasteiger partial charge on any atom is 0.126 e. The van der Waals surface area contributed by atoms with Gasteiger partial charge in [0, 0.05) is 5.56 Å². The molecule has 0 aliphatic heterocycles. The van der Waals surface area contributed by atoms with Gasteiger partial charge in [0.2, 0.25) is 0 Å². The van der Waals surface area contributed by atoms with Crippen LogP contribution in [0.4, 0.5) is 0 Å². The van der Waals surface area contributed by atoms with Gasteiger partial charge >= 0.3 is 0 Å². The molecule has 2 nitrogen and oxygen atoms in total. The van der Waals surface area contributed by atoms with Gasteiger partial charge in [-0.1, -0.05) is 19.1 Å². The molecule has 0 atom stereocenters. The van der Waals surface area contributed by atoms with Crippen LogP contribution in [0.5, 0.6) is 5.75 Å². The summed E-state index contributed by atoms with van der Waals surface area (Å²) in [5.74, 6) is 0.977. The summed E-state index contributed by atoms with van der Waals surface area (Å²) in [5, 5.41) is 3.33. The van der Waals surface area contributed by atoms with E-state index in [9.17, 15) is 0 Å². The van der Waals surface area contributed by atoms with Crippen LogP contribution >= 0.6 is 0 Å². The van der Waals surface area contributed by atoms with Crippen LogP contribution in [0.15, 0.2) is 18.2 Å². The van der Waals surface area contributed by atoms with Crippen molar-refractivity contribution in [3.63, 3.8) is 0 Å². The van der Waals surface area contributed by atoms with Gasteiger partial charge in [0.05, 0.1) is 7.11 Å². The minimum atomic E-state index is 0.977. The Morgan fingerprint density at radius 2 is 2.06 bits per heavy atom. The molecule has 2 heteroatoms. The van der Waals surface area contributed by atoms with E-state index in [0.717, 1.165) is 25.3 Å². The van der Waals surface area contributed by atoms with Gasteiger partial charge in [0.25, 0.3) is 0 Å². The normalized spacial score (nSPS) is 11.7. The van der Waals surface area contributed by atoms with Crippen molar-refractivity contribution in [1.82, 2.24) is 5.32 Å². The molecule has 1 aromatic carbocycles. The number of hydrogen-bond acceptors (Lipinski definition) is 2. The maximum atomic E-state index is 5.50. The molecule has 18 heavy (non-hydrogen) atoms. The molecule has 0 fully saturated rings. The lowest BCUT2D eigenvalue weighted by Crippen LogP contribution is -2.13. The summed E-state index contributed by atoms with van der Waals surface area (Å²) in [4.78, 5) is 0. The first-order valence-electron chi connectivity index (χ1n) is 6.63. The monoisotopic (exact) mass is 247 g/mol. The fraction of sp³-hybridized carbons (Fsp3) is 0.500. The van der Waals surface area contributed by atoms with Crippen molar-refractivity contribution in [3.05, 3.63) is 34.9 Å². The molecule has 0 unspecified atom stereocenters. The van der Waals surface area contributed by atoms with Crippen LogP contribution in [0, 0.1) is 13.8 Å². The summed E-state index contributed by atoms with van der Waals surface area (Å²) in [6.45, 7) is 10.6. The van der Waals surface area contributed by atoms with Gasteiger partial charge < -0.3 is 10.1 Å². The van der Waals surface area contributed by atoms with E-state index in [-0.39, 0.29) is 0 Å². The Kier molecular flexibility index (Phi) is 5.93. The molecule has 0 aromatic heterocycles. The van der Waals surface area contributed by atoms with Gasteiger partial charge in [-0.05, 0) is 63.0 Å². The Labute approximate surface area is 111 Å². The van der Waals surface area contributed by atoms with E-state index in [0.29, 0.717) is 0 Å². The molecule has 0 saturated carbocycles. The summed E-state index contributed by atoms with van der Waals surface area (Å²) in [7, 11) is 1.74.